The quantitative estimate of drug-likeness (QED) is 0.421. The molecule has 0 aliphatic heterocycles. The number of nitrogens with one attached hydrogen (secondary N) is 1. The van der Waals surface area contributed by atoms with Crippen LogP contribution in [0.15, 0.2) is 84.0 Å². The first-order chi connectivity index (χ1) is 13.2. The number of benzene rings is 2. The van der Waals surface area contributed by atoms with E-state index in [1.807, 2.05) is 24.3 Å². The summed E-state index contributed by atoms with van der Waals surface area (Å²) in [5, 5.41) is 0. The van der Waals surface area contributed by atoms with Crippen molar-refractivity contribution in [2.24, 2.45) is 0 Å². The molecule has 1 N–H and O–H groups in total. The summed E-state index contributed by atoms with van der Waals surface area (Å²) in [5.74, 6) is -0.248. The van der Waals surface area contributed by atoms with Crippen LogP contribution in [-0.4, -0.2) is 17.1 Å². The molecule has 0 spiro atoms. The molecule has 0 aliphatic carbocycles. The monoisotopic (exact) mass is 376 g/mol. The van der Waals surface area contributed by atoms with Crippen molar-refractivity contribution in [2.75, 3.05) is 7.11 Å². The Morgan fingerprint density at radius 2 is 1.52 bits per heavy atom. The topological polar surface area (TPSA) is 37.9 Å². The molecule has 0 fully saturated rings. The third-order valence-corrected chi connectivity index (χ3v) is 4.92. The first-order valence-electron chi connectivity index (χ1n) is 8.45. The number of rotatable bonds is 5. The molecule has 4 rings (SSSR count). The molecule has 0 unspecified atom stereocenters. The maximum Gasteiger partial charge on any atom is 0.123 e. The highest BCUT2D eigenvalue weighted by molar-refractivity contribution is 7.94. The van der Waals surface area contributed by atoms with E-state index in [4.69, 9.17) is 4.18 Å². The van der Waals surface area contributed by atoms with Crippen LogP contribution in [0.4, 0.5) is 4.39 Å². The fourth-order valence-corrected chi connectivity index (χ4v) is 3.44. The van der Waals surface area contributed by atoms with E-state index in [2.05, 4.69) is 28.2 Å². The molecule has 4 aromatic rings. The zero-order valence-corrected chi connectivity index (χ0v) is 15.5. The van der Waals surface area contributed by atoms with Gasteiger partial charge in [0.1, 0.15) is 5.82 Å². The van der Waals surface area contributed by atoms with Crippen molar-refractivity contribution in [2.45, 2.75) is 4.90 Å². The highest BCUT2D eigenvalue weighted by Crippen LogP contribution is 2.36. The van der Waals surface area contributed by atoms with Gasteiger partial charge in [-0.05, 0) is 71.3 Å². The lowest BCUT2D eigenvalue weighted by Crippen LogP contribution is -1.84. The van der Waals surface area contributed by atoms with Crippen LogP contribution in [0.2, 0.25) is 0 Å². The number of pyridine rings is 1. The zero-order chi connectivity index (χ0) is 18.6. The highest BCUT2D eigenvalue weighted by Gasteiger charge is 2.13. The summed E-state index contributed by atoms with van der Waals surface area (Å²) in [5.41, 5.74) is 6.05. The summed E-state index contributed by atoms with van der Waals surface area (Å²) in [6, 6.07) is 20.7. The van der Waals surface area contributed by atoms with E-state index < -0.39 is 0 Å². The van der Waals surface area contributed by atoms with E-state index in [9.17, 15) is 4.39 Å². The van der Waals surface area contributed by atoms with Crippen molar-refractivity contribution in [1.29, 1.82) is 0 Å². The van der Waals surface area contributed by atoms with E-state index in [1.165, 1.54) is 24.2 Å². The molecule has 0 radical (unpaired) electrons. The Labute approximate surface area is 161 Å². The number of hydrogen-bond donors (Lipinski definition) is 1. The molecule has 0 aliphatic rings. The number of halogens is 1. The van der Waals surface area contributed by atoms with Crippen LogP contribution in [0.5, 0.6) is 0 Å². The summed E-state index contributed by atoms with van der Waals surface area (Å²) in [4.78, 5) is 8.65. The summed E-state index contributed by atoms with van der Waals surface area (Å²) in [6.07, 6.45) is 3.54. The van der Waals surface area contributed by atoms with Gasteiger partial charge in [-0.25, -0.2) is 4.39 Å². The first-order valence-corrected chi connectivity index (χ1v) is 9.19. The molecule has 27 heavy (non-hydrogen) atoms. The number of hydrogen-bond acceptors (Lipinski definition) is 3. The average Bonchev–Trinajstić information content (AvgIpc) is 3.15. The van der Waals surface area contributed by atoms with Gasteiger partial charge in [-0.2, -0.15) is 0 Å². The predicted molar refractivity (Wildman–Crippen MR) is 108 cm³/mol. The molecule has 5 heteroatoms. The van der Waals surface area contributed by atoms with Crippen molar-refractivity contribution >= 4 is 12.0 Å². The fourth-order valence-electron chi connectivity index (χ4n) is 3.00. The molecule has 134 valence electrons. The van der Waals surface area contributed by atoms with E-state index in [-0.39, 0.29) is 5.82 Å². The third-order valence-electron chi connectivity index (χ3n) is 4.29. The third kappa shape index (κ3) is 3.79. The van der Waals surface area contributed by atoms with E-state index >= 15 is 0 Å². The van der Waals surface area contributed by atoms with Gasteiger partial charge in [0.05, 0.1) is 12.8 Å². The normalized spacial score (nSPS) is 10.9. The van der Waals surface area contributed by atoms with Crippen LogP contribution < -0.4 is 0 Å². The minimum absolute atomic E-state index is 0.248. The molecule has 3 nitrogen and oxygen atoms in total. The van der Waals surface area contributed by atoms with Crippen molar-refractivity contribution in [3.63, 3.8) is 0 Å². The average molecular weight is 376 g/mol. The number of H-pyrrole nitrogens is 1. The summed E-state index contributed by atoms with van der Waals surface area (Å²) in [7, 11) is 1.65. The molecule has 2 aromatic carbocycles. The van der Waals surface area contributed by atoms with Gasteiger partial charge in [-0.15, -0.1) is 0 Å². The second-order valence-corrected chi connectivity index (χ2v) is 6.96. The summed E-state index contributed by atoms with van der Waals surface area (Å²) < 4.78 is 18.5. The van der Waals surface area contributed by atoms with Crippen molar-refractivity contribution in [3.05, 3.63) is 84.9 Å². The van der Waals surface area contributed by atoms with E-state index in [1.54, 1.807) is 31.6 Å². The number of nitrogens with zero attached hydrogens (tertiary/aromatic N) is 1. The smallest absolute Gasteiger partial charge is 0.123 e. The molecule has 0 saturated carbocycles. The molecule has 2 heterocycles. The lowest BCUT2D eigenvalue weighted by Gasteiger charge is -2.04. The summed E-state index contributed by atoms with van der Waals surface area (Å²) in [6.45, 7) is 0. The van der Waals surface area contributed by atoms with E-state index in [0.29, 0.717) is 0 Å². The Hall–Kier alpha value is -2.89. The molecule has 0 saturated heterocycles. The van der Waals surface area contributed by atoms with Crippen LogP contribution in [0, 0.1) is 5.82 Å². The number of aromatic amines is 1. The Morgan fingerprint density at radius 3 is 2.19 bits per heavy atom. The fraction of sp³-hybridized carbons (Fsp3) is 0.0455. The van der Waals surface area contributed by atoms with E-state index in [0.717, 1.165) is 38.5 Å². The number of aromatic nitrogens is 2. The van der Waals surface area contributed by atoms with Crippen LogP contribution in [-0.2, 0) is 4.18 Å². The maximum atomic E-state index is 13.4. The van der Waals surface area contributed by atoms with Gasteiger partial charge in [0.25, 0.3) is 0 Å². The van der Waals surface area contributed by atoms with Gasteiger partial charge in [-0.1, -0.05) is 12.1 Å². The van der Waals surface area contributed by atoms with Gasteiger partial charge in [0.15, 0.2) is 0 Å². The second-order valence-electron chi connectivity index (χ2n) is 5.99. The highest BCUT2D eigenvalue weighted by atomic mass is 32.2. The van der Waals surface area contributed by atoms with Gasteiger partial charge in [0, 0.05) is 40.6 Å². The summed E-state index contributed by atoms with van der Waals surface area (Å²) >= 11 is 1.33. The molecule has 2 aromatic heterocycles. The second kappa shape index (κ2) is 7.78. The molecular weight excluding hydrogens is 359 g/mol. The van der Waals surface area contributed by atoms with Gasteiger partial charge < -0.3 is 9.17 Å². The van der Waals surface area contributed by atoms with Crippen molar-refractivity contribution < 1.29 is 8.57 Å². The van der Waals surface area contributed by atoms with Crippen molar-refractivity contribution in [1.82, 2.24) is 9.97 Å². The Balaban J connectivity index is 1.81. The Morgan fingerprint density at radius 1 is 0.852 bits per heavy atom. The lowest BCUT2D eigenvalue weighted by atomic mass is 10.0. The standard InChI is InChI=1S/C22H17FN2OS/c1-26-27-19-8-4-16(5-9-19)21-14-20(15-10-12-24-13-11-15)22(25-21)17-2-6-18(23)7-3-17/h2-14,25H,1H3. The first kappa shape index (κ1) is 17.5. The van der Waals surface area contributed by atoms with Gasteiger partial charge >= 0.3 is 0 Å². The molecule has 0 atom stereocenters. The lowest BCUT2D eigenvalue weighted by molar-refractivity contribution is 0.490. The minimum Gasteiger partial charge on any atom is -0.354 e. The van der Waals surface area contributed by atoms with Crippen LogP contribution in [0.25, 0.3) is 33.6 Å². The molecular formula is C22H17FN2OS. The minimum atomic E-state index is -0.248. The van der Waals surface area contributed by atoms with Gasteiger partial charge in [-0.3, -0.25) is 4.98 Å². The zero-order valence-electron chi connectivity index (χ0n) is 14.6. The Kier molecular flexibility index (Phi) is 5.05. The van der Waals surface area contributed by atoms with Gasteiger partial charge in [0.2, 0.25) is 0 Å². The largest absolute Gasteiger partial charge is 0.354 e. The van der Waals surface area contributed by atoms with Crippen LogP contribution >= 0.6 is 12.0 Å². The molecule has 0 bridgehead atoms. The van der Waals surface area contributed by atoms with Crippen LogP contribution in [0.3, 0.4) is 0 Å². The Bertz CT molecular complexity index is 1030. The van der Waals surface area contributed by atoms with Crippen LogP contribution in [0.1, 0.15) is 0 Å². The molecule has 0 amide bonds. The maximum absolute atomic E-state index is 13.4. The SMILES string of the molecule is COSc1ccc(-c2cc(-c3ccncc3)c(-c3ccc(F)cc3)[nH]2)cc1. The predicted octanol–water partition coefficient (Wildman–Crippen LogP) is 6.20. The van der Waals surface area contributed by atoms with Crippen molar-refractivity contribution in [3.8, 4) is 33.6 Å².